The highest BCUT2D eigenvalue weighted by atomic mass is 32.1. The molecule has 0 atom stereocenters. The highest BCUT2D eigenvalue weighted by Crippen LogP contribution is 2.17. The van der Waals surface area contributed by atoms with Crippen molar-refractivity contribution in [3.8, 4) is 0 Å². The Bertz CT molecular complexity index is 933. The van der Waals surface area contributed by atoms with Gasteiger partial charge in [-0.15, -0.1) is 22.7 Å². The van der Waals surface area contributed by atoms with Crippen LogP contribution >= 0.6 is 22.7 Å². The van der Waals surface area contributed by atoms with Crippen LogP contribution in [0.4, 0.5) is 5.13 Å². The number of carbonyl (C=O) groups excluding carboxylic acids is 2. The van der Waals surface area contributed by atoms with Crippen molar-refractivity contribution in [1.82, 2.24) is 20.4 Å². The quantitative estimate of drug-likeness (QED) is 0.475. The zero-order valence-corrected chi connectivity index (χ0v) is 17.9. The molecule has 3 aromatic heterocycles. The molecule has 0 saturated heterocycles. The van der Waals surface area contributed by atoms with E-state index in [9.17, 15) is 9.59 Å². The van der Waals surface area contributed by atoms with Crippen LogP contribution in [0.2, 0.25) is 0 Å². The molecule has 29 heavy (non-hydrogen) atoms. The maximum atomic E-state index is 12.1. The fraction of sp³-hybridized carbons (Fsp3) is 0.421. The van der Waals surface area contributed by atoms with E-state index in [2.05, 4.69) is 25.8 Å². The van der Waals surface area contributed by atoms with E-state index in [0.717, 1.165) is 4.88 Å². The van der Waals surface area contributed by atoms with Gasteiger partial charge in [-0.3, -0.25) is 9.59 Å². The first-order valence-corrected chi connectivity index (χ1v) is 11.1. The number of aromatic nitrogens is 3. The van der Waals surface area contributed by atoms with Gasteiger partial charge in [-0.2, -0.15) is 4.98 Å². The van der Waals surface area contributed by atoms with E-state index < -0.39 is 0 Å². The van der Waals surface area contributed by atoms with E-state index in [-0.39, 0.29) is 24.2 Å². The maximum Gasteiger partial charge on any atom is 0.231 e. The van der Waals surface area contributed by atoms with Crippen molar-refractivity contribution in [1.29, 1.82) is 0 Å². The lowest BCUT2D eigenvalue weighted by Crippen LogP contribution is -2.26. The lowest BCUT2D eigenvalue weighted by Gasteiger charge is -2.02. The van der Waals surface area contributed by atoms with E-state index in [1.165, 1.54) is 11.3 Å². The van der Waals surface area contributed by atoms with E-state index in [0.29, 0.717) is 48.3 Å². The van der Waals surface area contributed by atoms with Crippen LogP contribution in [-0.2, 0) is 28.9 Å². The Morgan fingerprint density at radius 3 is 2.76 bits per heavy atom. The molecule has 0 bridgehead atoms. The van der Waals surface area contributed by atoms with Crippen LogP contribution in [0.5, 0.6) is 0 Å². The second kappa shape index (κ2) is 10.3. The van der Waals surface area contributed by atoms with Crippen LogP contribution < -0.4 is 10.6 Å². The van der Waals surface area contributed by atoms with Gasteiger partial charge in [0.2, 0.25) is 17.7 Å². The number of rotatable bonds is 10. The summed E-state index contributed by atoms with van der Waals surface area (Å²) in [6.45, 7) is 4.54. The first-order chi connectivity index (χ1) is 14.0. The maximum absolute atomic E-state index is 12.1. The van der Waals surface area contributed by atoms with Crippen LogP contribution in [0.3, 0.4) is 0 Å². The first-order valence-electron chi connectivity index (χ1n) is 9.35. The summed E-state index contributed by atoms with van der Waals surface area (Å²) in [5.74, 6) is 1.30. The molecule has 0 spiro atoms. The summed E-state index contributed by atoms with van der Waals surface area (Å²) in [5, 5.41) is 13.8. The third kappa shape index (κ3) is 6.75. The van der Waals surface area contributed by atoms with Crippen LogP contribution in [0, 0.1) is 0 Å². The summed E-state index contributed by atoms with van der Waals surface area (Å²) in [6.07, 6.45) is 1.84. The summed E-state index contributed by atoms with van der Waals surface area (Å²) < 4.78 is 5.18. The van der Waals surface area contributed by atoms with Gasteiger partial charge in [-0.05, 0) is 17.9 Å². The van der Waals surface area contributed by atoms with Gasteiger partial charge in [0.25, 0.3) is 0 Å². The highest BCUT2D eigenvalue weighted by molar-refractivity contribution is 7.14. The molecule has 0 aromatic carbocycles. The van der Waals surface area contributed by atoms with Crippen molar-refractivity contribution >= 4 is 39.6 Å². The number of amides is 2. The van der Waals surface area contributed by atoms with Crippen LogP contribution in [0.15, 0.2) is 27.4 Å². The van der Waals surface area contributed by atoms with E-state index in [1.54, 1.807) is 16.7 Å². The molecule has 0 fully saturated rings. The molecule has 154 valence electrons. The summed E-state index contributed by atoms with van der Waals surface area (Å²) in [6, 6.07) is 3.84. The molecular formula is C19H23N5O3S2. The second-order valence-electron chi connectivity index (χ2n) is 6.78. The molecule has 2 N–H and O–H groups in total. The van der Waals surface area contributed by atoms with Gasteiger partial charge in [0.15, 0.2) is 11.0 Å². The first kappa shape index (κ1) is 21.1. The van der Waals surface area contributed by atoms with Crippen LogP contribution in [0.1, 0.15) is 48.5 Å². The number of anilines is 1. The molecule has 2 amide bonds. The molecule has 3 heterocycles. The minimum Gasteiger partial charge on any atom is -0.356 e. The van der Waals surface area contributed by atoms with E-state index in [1.807, 2.05) is 31.4 Å². The van der Waals surface area contributed by atoms with Gasteiger partial charge >= 0.3 is 0 Å². The molecule has 0 radical (unpaired) electrons. The molecule has 0 aliphatic rings. The lowest BCUT2D eigenvalue weighted by molar-refractivity contribution is -0.120. The van der Waals surface area contributed by atoms with Gasteiger partial charge in [-0.25, -0.2) is 4.98 Å². The van der Waals surface area contributed by atoms with Gasteiger partial charge in [-0.1, -0.05) is 25.1 Å². The number of nitrogens with one attached hydrogen (secondary N) is 2. The SMILES string of the molecule is CC(C)c1noc(CCCNC(=O)Cc2csc(NC(=O)Cc3cccs3)n2)n1. The smallest absolute Gasteiger partial charge is 0.231 e. The largest absolute Gasteiger partial charge is 0.356 e. The Morgan fingerprint density at radius 1 is 1.17 bits per heavy atom. The number of aryl methyl sites for hydroxylation is 1. The van der Waals surface area contributed by atoms with E-state index in [4.69, 9.17) is 4.52 Å². The van der Waals surface area contributed by atoms with Crippen molar-refractivity contribution in [3.63, 3.8) is 0 Å². The molecule has 3 rings (SSSR count). The molecule has 0 aliphatic carbocycles. The Balaban J connectivity index is 1.35. The molecule has 0 unspecified atom stereocenters. The summed E-state index contributed by atoms with van der Waals surface area (Å²) in [4.78, 5) is 33.7. The Labute approximate surface area is 176 Å². The zero-order valence-electron chi connectivity index (χ0n) is 16.3. The summed E-state index contributed by atoms with van der Waals surface area (Å²) in [5.41, 5.74) is 0.636. The fourth-order valence-electron chi connectivity index (χ4n) is 2.48. The number of thiophene rings is 1. The zero-order chi connectivity index (χ0) is 20.6. The van der Waals surface area contributed by atoms with Gasteiger partial charge < -0.3 is 15.2 Å². The normalized spacial score (nSPS) is 11.0. The van der Waals surface area contributed by atoms with Crippen molar-refractivity contribution in [3.05, 3.63) is 45.2 Å². The number of thiazole rings is 1. The average Bonchev–Trinajstić information content (AvgIpc) is 3.41. The third-order valence-corrected chi connectivity index (χ3v) is 5.63. The van der Waals surface area contributed by atoms with Gasteiger partial charge in [0, 0.05) is 29.1 Å². The number of hydrogen-bond acceptors (Lipinski definition) is 8. The van der Waals surface area contributed by atoms with Gasteiger partial charge in [0.05, 0.1) is 18.5 Å². The van der Waals surface area contributed by atoms with Crippen molar-refractivity contribution < 1.29 is 14.1 Å². The van der Waals surface area contributed by atoms with E-state index >= 15 is 0 Å². The summed E-state index contributed by atoms with van der Waals surface area (Å²) in [7, 11) is 0. The molecular weight excluding hydrogens is 410 g/mol. The number of nitrogens with zero attached hydrogens (tertiary/aromatic N) is 3. The van der Waals surface area contributed by atoms with Crippen molar-refractivity contribution in [2.45, 2.75) is 45.4 Å². The lowest BCUT2D eigenvalue weighted by atomic mass is 10.2. The highest BCUT2D eigenvalue weighted by Gasteiger charge is 2.12. The Kier molecular flexibility index (Phi) is 7.48. The standard InChI is InChI=1S/C19H23N5O3S2/c1-12(2)18-23-17(27-24-18)6-3-7-20-15(25)9-13-11-29-19(21-13)22-16(26)10-14-5-4-8-28-14/h4-5,8,11-12H,3,6-7,9-10H2,1-2H3,(H,20,25)(H,21,22,26). The average molecular weight is 434 g/mol. The molecule has 10 heteroatoms. The van der Waals surface area contributed by atoms with Gasteiger partial charge in [0.1, 0.15) is 0 Å². The molecule has 3 aromatic rings. The molecule has 0 aliphatic heterocycles. The predicted molar refractivity (Wildman–Crippen MR) is 112 cm³/mol. The number of carbonyl (C=O) groups is 2. The molecule has 8 nitrogen and oxygen atoms in total. The minimum absolute atomic E-state index is 0.111. The fourth-order valence-corrected chi connectivity index (χ4v) is 3.91. The third-order valence-electron chi connectivity index (χ3n) is 3.94. The second-order valence-corrected chi connectivity index (χ2v) is 8.67. The van der Waals surface area contributed by atoms with Crippen LogP contribution in [0.25, 0.3) is 0 Å². The summed E-state index contributed by atoms with van der Waals surface area (Å²) >= 11 is 2.86. The molecule has 0 saturated carbocycles. The monoisotopic (exact) mass is 433 g/mol. The van der Waals surface area contributed by atoms with Crippen molar-refractivity contribution in [2.24, 2.45) is 0 Å². The minimum atomic E-state index is -0.112. The number of hydrogen-bond donors (Lipinski definition) is 2. The predicted octanol–water partition coefficient (Wildman–Crippen LogP) is 3.18. The topological polar surface area (TPSA) is 110 Å². The van der Waals surface area contributed by atoms with Crippen LogP contribution in [-0.4, -0.2) is 33.5 Å². The Hall–Kier alpha value is -2.59. The Morgan fingerprint density at radius 2 is 2.03 bits per heavy atom. The van der Waals surface area contributed by atoms with Crippen molar-refractivity contribution in [2.75, 3.05) is 11.9 Å².